The summed E-state index contributed by atoms with van der Waals surface area (Å²) in [6.45, 7) is 1.25. The first kappa shape index (κ1) is 19.7. The van der Waals surface area contributed by atoms with Gasteiger partial charge in [0.05, 0.1) is 18.6 Å². The maximum absolute atomic E-state index is 12.7. The zero-order valence-electron chi connectivity index (χ0n) is 16.4. The molecule has 2 aromatic carbocycles. The molecule has 8 heteroatoms. The van der Waals surface area contributed by atoms with E-state index in [-0.39, 0.29) is 18.0 Å². The van der Waals surface area contributed by atoms with Crippen LogP contribution in [-0.2, 0) is 4.74 Å². The van der Waals surface area contributed by atoms with Crippen molar-refractivity contribution in [2.75, 3.05) is 23.8 Å². The molecule has 1 atom stereocenters. The van der Waals surface area contributed by atoms with E-state index in [1.807, 2.05) is 30.3 Å². The van der Waals surface area contributed by atoms with Gasteiger partial charge >= 0.3 is 6.03 Å². The first-order valence-corrected chi connectivity index (χ1v) is 9.85. The summed E-state index contributed by atoms with van der Waals surface area (Å²) >= 11 is 0. The Hall–Kier alpha value is -3.65. The Morgan fingerprint density at radius 2 is 1.77 bits per heavy atom. The van der Waals surface area contributed by atoms with Gasteiger partial charge in [0.2, 0.25) is 0 Å². The predicted octanol–water partition coefficient (Wildman–Crippen LogP) is 3.43. The summed E-state index contributed by atoms with van der Waals surface area (Å²) in [6.07, 6.45) is 5.23. The van der Waals surface area contributed by atoms with Crippen molar-refractivity contribution in [1.82, 2.24) is 14.9 Å². The molecule has 1 saturated heterocycles. The standard InChI is InChI=1S/C22H23N5O3/c28-21(20-14-23-15-27(20)18-5-2-1-3-6-18)25-16-8-10-17(11-9-16)26-22(29)24-13-19-7-4-12-30-19/h1-3,5-6,8-11,14-15,19H,4,7,12-13H2,(H,25,28)(H2,24,26,29). The minimum Gasteiger partial charge on any atom is -0.376 e. The van der Waals surface area contributed by atoms with Crippen molar-refractivity contribution < 1.29 is 14.3 Å². The smallest absolute Gasteiger partial charge is 0.319 e. The van der Waals surface area contributed by atoms with Gasteiger partial charge in [-0.2, -0.15) is 0 Å². The SMILES string of the molecule is O=C(NCC1CCCO1)Nc1ccc(NC(=O)c2cncn2-c2ccccc2)cc1. The number of urea groups is 1. The van der Waals surface area contributed by atoms with Crippen LogP contribution in [-0.4, -0.2) is 40.7 Å². The van der Waals surface area contributed by atoms with E-state index >= 15 is 0 Å². The number of hydrogen-bond acceptors (Lipinski definition) is 4. The van der Waals surface area contributed by atoms with Crippen LogP contribution in [0.2, 0.25) is 0 Å². The van der Waals surface area contributed by atoms with Crippen molar-refractivity contribution in [3.63, 3.8) is 0 Å². The molecule has 4 rings (SSSR count). The molecule has 30 heavy (non-hydrogen) atoms. The Morgan fingerprint density at radius 1 is 1.03 bits per heavy atom. The summed E-state index contributed by atoms with van der Waals surface area (Å²) in [6, 6.07) is 16.2. The molecule has 1 aromatic heterocycles. The lowest BCUT2D eigenvalue weighted by molar-refractivity contribution is 0.102. The Morgan fingerprint density at radius 3 is 2.47 bits per heavy atom. The second-order valence-electron chi connectivity index (χ2n) is 6.99. The number of para-hydroxylation sites is 1. The van der Waals surface area contributed by atoms with E-state index in [0.29, 0.717) is 23.6 Å². The Bertz CT molecular complexity index is 995. The third-order valence-corrected chi connectivity index (χ3v) is 4.82. The summed E-state index contributed by atoms with van der Waals surface area (Å²) in [5, 5.41) is 8.43. The van der Waals surface area contributed by atoms with E-state index in [1.165, 1.54) is 6.20 Å². The molecule has 3 aromatic rings. The minimum absolute atomic E-state index is 0.0951. The van der Waals surface area contributed by atoms with Gasteiger partial charge in [-0.3, -0.25) is 9.36 Å². The first-order valence-electron chi connectivity index (χ1n) is 9.85. The zero-order chi connectivity index (χ0) is 20.8. The molecule has 0 saturated carbocycles. The summed E-state index contributed by atoms with van der Waals surface area (Å²) in [5.41, 5.74) is 2.53. The van der Waals surface area contributed by atoms with Crippen LogP contribution in [0.15, 0.2) is 67.1 Å². The lowest BCUT2D eigenvalue weighted by atomic mass is 10.2. The van der Waals surface area contributed by atoms with Crippen molar-refractivity contribution >= 4 is 23.3 Å². The fourth-order valence-corrected chi connectivity index (χ4v) is 3.28. The number of aromatic nitrogens is 2. The number of nitrogens with zero attached hydrogens (tertiary/aromatic N) is 2. The van der Waals surface area contributed by atoms with Gasteiger partial charge in [-0.1, -0.05) is 18.2 Å². The summed E-state index contributed by atoms with van der Waals surface area (Å²) in [5.74, 6) is -0.272. The van der Waals surface area contributed by atoms with Crippen LogP contribution in [0, 0.1) is 0 Å². The summed E-state index contributed by atoms with van der Waals surface area (Å²) in [7, 11) is 0. The molecule has 2 heterocycles. The number of benzene rings is 2. The van der Waals surface area contributed by atoms with Crippen LogP contribution in [0.1, 0.15) is 23.3 Å². The maximum Gasteiger partial charge on any atom is 0.319 e. The number of ether oxygens (including phenoxy) is 1. The van der Waals surface area contributed by atoms with E-state index in [2.05, 4.69) is 20.9 Å². The number of rotatable bonds is 6. The highest BCUT2D eigenvalue weighted by molar-refractivity contribution is 6.03. The molecular weight excluding hydrogens is 382 g/mol. The second-order valence-corrected chi connectivity index (χ2v) is 6.99. The Balaban J connectivity index is 1.33. The molecule has 1 aliphatic rings. The average molecular weight is 405 g/mol. The molecular formula is C22H23N5O3. The van der Waals surface area contributed by atoms with Gasteiger partial charge in [-0.15, -0.1) is 0 Å². The molecule has 0 radical (unpaired) electrons. The van der Waals surface area contributed by atoms with Crippen LogP contribution >= 0.6 is 0 Å². The molecule has 1 unspecified atom stereocenters. The molecule has 154 valence electrons. The fraction of sp³-hybridized carbons (Fsp3) is 0.227. The normalized spacial score (nSPS) is 15.5. The lowest BCUT2D eigenvalue weighted by Crippen LogP contribution is -2.35. The lowest BCUT2D eigenvalue weighted by Gasteiger charge is -2.12. The number of hydrogen-bond donors (Lipinski definition) is 3. The number of nitrogens with one attached hydrogen (secondary N) is 3. The molecule has 3 N–H and O–H groups in total. The van der Waals surface area contributed by atoms with Crippen molar-refractivity contribution in [2.45, 2.75) is 18.9 Å². The van der Waals surface area contributed by atoms with Gasteiger partial charge in [-0.05, 0) is 49.2 Å². The molecule has 3 amide bonds. The highest BCUT2D eigenvalue weighted by atomic mass is 16.5. The van der Waals surface area contributed by atoms with E-state index in [9.17, 15) is 9.59 Å². The Labute approximate surface area is 174 Å². The first-order chi connectivity index (χ1) is 14.7. The third kappa shape index (κ3) is 4.84. The zero-order valence-corrected chi connectivity index (χ0v) is 16.4. The van der Waals surface area contributed by atoms with E-state index in [1.54, 1.807) is 35.2 Å². The average Bonchev–Trinajstić information content (AvgIpc) is 3.46. The molecule has 0 spiro atoms. The third-order valence-electron chi connectivity index (χ3n) is 4.82. The van der Waals surface area contributed by atoms with Gasteiger partial charge in [0.25, 0.3) is 5.91 Å². The quantitative estimate of drug-likeness (QED) is 0.585. The van der Waals surface area contributed by atoms with Crippen LogP contribution < -0.4 is 16.0 Å². The predicted molar refractivity (Wildman–Crippen MR) is 114 cm³/mol. The highest BCUT2D eigenvalue weighted by Crippen LogP contribution is 2.17. The van der Waals surface area contributed by atoms with Gasteiger partial charge in [0, 0.05) is 30.2 Å². The van der Waals surface area contributed by atoms with Crippen molar-refractivity contribution in [3.8, 4) is 5.69 Å². The van der Waals surface area contributed by atoms with Crippen LogP contribution in [0.3, 0.4) is 0 Å². The number of anilines is 2. The molecule has 8 nitrogen and oxygen atoms in total. The van der Waals surface area contributed by atoms with Crippen LogP contribution in [0.5, 0.6) is 0 Å². The molecule has 0 bridgehead atoms. The van der Waals surface area contributed by atoms with Crippen LogP contribution in [0.25, 0.3) is 5.69 Å². The topological polar surface area (TPSA) is 97.3 Å². The monoisotopic (exact) mass is 405 g/mol. The van der Waals surface area contributed by atoms with Gasteiger partial charge in [-0.25, -0.2) is 9.78 Å². The Kier molecular flexibility index (Phi) is 6.05. The van der Waals surface area contributed by atoms with Crippen LogP contribution in [0.4, 0.5) is 16.2 Å². The molecule has 1 fully saturated rings. The molecule has 1 aliphatic heterocycles. The maximum atomic E-state index is 12.7. The van der Waals surface area contributed by atoms with E-state index in [0.717, 1.165) is 25.1 Å². The number of carbonyl (C=O) groups is 2. The van der Waals surface area contributed by atoms with Crippen molar-refractivity contribution in [3.05, 3.63) is 72.8 Å². The van der Waals surface area contributed by atoms with Gasteiger partial charge < -0.3 is 20.7 Å². The second kappa shape index (κ2) is 9.23. The highest BCUT2D eigenvalue weighted by Gasteiger charge is 2.16. The van der Waals surface area contributed by atoms with Gasteiger partial charge in [0.15, 0.2) is 0 Å². The van der Waals surface area contributed by atoms with Crippen molar-refractivity contribution in [2.24, 2.45) is 0 Å². The number of imidazole rings is 1. The summed E-state index contributed by atoms with van der Waals surface area (Å²) in [4.78, 5) is 28.8. The number of amides is 3. The van der Waals surface area contributed by atoms with E-state index < -0.39 is 0 Å². The van der Waals surface area contributed by atoms with Gasteiger partial charge in [0.1, 0.15) is 5.69 Å². The molecule has 0 aliphatic carbocycles. The number of carbonyl (C=O) groups excluding carboxylic acids is 2. The summed E-state index contributed by atoms with van der Waals surface area (Å²) < 4.78 is 7.21. The largest absolute Gasteiger partial charge is 0.376 e. The van der Waals surface area contributed by atoms with Crippen molar-refractivity contribution in [1.29, 1.82) is 0 Å². The fourth-order valence-electron chi connectivity index (χ4n) is 3.28. The van der Waals surface area contributed by atoms with E-state index in [4.69, 9.17) is 4.74 Å². The minimum atomic E-state index is -0.283.